The zero-order valence-electron chi connectivity index (χ0n) is 66.1. The number of quaternary nitrogens is 6. The van der Waals surface area contributed by atoms with Crippen molar-refractivity contribution in [2.45, 2.75) is 78.5 Å². The molecular formula is C78H117B6N6O17+5. The molecule has 0 heterocycles. The predicted octanol–water partition coefficient (Wildman–Crippen LogP) is -1.30. The fourth-order valence-electron chi connectivity index (χ4n) is 14.3. The van der Waals surface area contributed by atoms with Crippen LogP contribution in [0.25, 0.3) is 0 Å². The highest BCUT2D eigenvalue weighted by Gasteiger charge is 2.31. The van der Waals surface area contributed by atoms with Gasteiger partial charge in [-0.3, -0.25) is 0 Å². The van der Waals surface area contributed by atoms with Crippen LogP contribution < -0.4 is 32.8 Å². The minimum atomic E-state index is -3.56. The molecule has 574 valence electrons. The van der Waals surface area contributed by atoms with Gasteiger partial charge in [0, 0.05) is 50.1 Å². The molecule has 0 saturated heterocycles. The standard InChI is InChI=1S/C26H38B2N2O6.C26H37B2N2O5.C26H36B2N2O4.2H2O/c1-29(2,19-23-9-5-7-11-25(23)27(31,32)33)17-21-13-15-22(16-14-21)18-30(3,4)20-24-10-6-8-12-26(24)28(34,35)36;1-29(2,19-23-9-5-7-11-25(23)27(31)32)17-21-13-15-22(16-14-21)18-30(3,4)20-24-10-6-8-12-26(24)28(33,34)35;1-29(2,19-23-9-5-7-11-25(23)27(31)32)17-21-13-15-22(16-14-21)18-30(3,4)20-24-10-6-8-12-26(24)28(33)34;;/h5-16,31-36H,17-20H2,1-4H3;5-16,31-35H,17-20H2,1-4H3;5-16,31-34H,17-20H2,1-4H3;2*1H2/q;+1;+2;;/p+2. The molecule has 107 heavy (non-hydrogen) atoms. The lowest BCUT2D eigenvalue weighted by Crippen LogP contribution is -2.52. The zero-order chi connectivity index (χ0) is 77.6. The summed E-state index contributed by atoms with van der Waals surface area (Å²) in [6, 6.07) is 68.3. The van der Waals surface area contributed by atoms with Crippen LogP contribution >= 0.6 is 0 Å². The molecular weight excluding hydrogens is 1360 g/mol. The molecule has 0 unspecified atom stereocenters. The summed E-state index contributed by atoms with van der Waals surface area (Å²) in [5.41, 5.74) is 14.0. The molecule has 9 rings (SSSR count). The van der Waals surface area contributed by atoms with Crippen molar-refractivity contribution in [1.82, 2.24) is 0 Å². The van der Waals surface area contributed by atoms with Gasteiger partial charge < -0.3 is 113 Å². The summed E-state index contributed by atoms with van der Waals surface area (Å²) in [6.45, 7) is -2.50. The van der Waals surface area contributed by atoms with E-state index in [-0.39, 0.29) is 30.2 Å². The molecule has 0 radical (unpaired) electrons. The maximum atomic E-state index is 9.76. The van der Waals surface area contributed by atoms with Gasteiger partial charge in [0.1, 0.15) is 78.5 Å². The topological polar surface area (TPSA) is 366 Å². The van der Waals surface area contributed by atoms with Crippen LogP contribution in [-0.2, 0) is 78.5 Å². The van der Waals surface area contributed by atoms with Crippen LogP contribution in [0.1, 0.15) is 69.6 Å². The molecule has 0 aliphatic carbocycles. The SMILES string of the molecule is C[N+](C)(Cc1ccc(C[N+](C)(C)Cc2ccccc2B(O)O)cc1)Cc1ccccc1B(O)O.C[N+](C)(Cc1ccc(C[N+](C)(C)Cc2ccccc2[B-](O)(O)O)cc1)Cc1ccccc1B(O)O.C[N+](C)(Cc1ccc(C[N+](C)(C)Cc2ccccc2[B-](O)(O)O)cc1)Cc1ccccc1[B-](O)(O)O.O.O.[H+].[H+]. The lowest BCUT2D eigenvalue weighted by atomic mass is 9.68. The Balaban J connectivity index is 0.000000416. The zero-order valence-corrected chi connectivity index (χ0v) is 64.1. The van der Waals surface area contributed by atoms with Gasteiger partial charge in [0.05, 0.1) is 84.6 Å². The Kier molecular flexibility index (Phi) is 31.7. The third-order valence-corrected chi connectivity index (χ3v) is 18.7. The molecule has 9 aromatic carbocycles. The summed E-state index contributed by atoms with van der Waals surface area (Å²) in [6.07, 6.45) is 0. The highest BCUT2D eigenvalue weighted by atomic mass is 16.6. The van der Waals surface area contributed by atoms with Gasteiger partial charge in [-0.15, -0.1) is 16.4 Å². The molecule has 0 aromatic heterocycles. The molecule has 0 saturated carbocycles. The van der Waals surface area contributed by atoms with Crippen LogP contribution in [0.5, 0.6) is 0 Å². The van der Waals surface area contributed by atoms with Crippen molar-refractivity contribution >= 4 is 74.4 Å². The first kappa shape index (κ1) is 90.1. The van der Waals surface area contributed by atoms with Gasteiger partial charge in [-0.2, -0.15) is 0 Å². The van der Waals surface area contributed by atoms with E-state index in [2.05, 4.69) is 129 Å². The van der Waals surface area contributed by atoms with Gasteiger partial charge in [0.25, 0.3) is 0 Å². The van der Waals surface area contributed by atoms with Crippen LogP contribution in [0.2, 0.25) is 0 Å². The lowest BCUT2D eigenvalue weighted by Gasteiger charge is -2.34. The second kappa shape index (κ2) is 37.7. The van der Waals surface area contributed by atoms with E-state index >= 15 is 0 Å². The van der Waals surface area contributed by atoms with E-state index in [1.54, 1.807) is 54.6 Å². The maximum Gasteiger partial charge on any atom is 1.00 e. The van der Waals surface area contributed by atoms with E-state index in [0.29, 0.717) is 112 Å². The molecule has 19 N–H and O–H groups in total. The fraction of sp³-hybridized carbons (Fsp3) is 0.308. The number of benzene rings is 9. The Morgan fingerprint density at radius 3 is 0.514 bits per heavy atom. The summed E-state index contributed by atoms with van der Waals surface area (Å²) < 4.78 is 3.70. The van der Waals surface area contributed by atoms with Crippen molar-refractivity contribution < 1.29 is 116 Å². The van der Waals surface area contributed by atoms with Crippen LogP contribution in [0.15, 0.2) is 218 Å². The van der Waals surface area contributed by atoms with Gasteiger partial charge in [0.15, 0.2) is 0 Å². The van der Waals surface area contributed by atoms with Crippen molar-refractivity contribution in [3.8, 4) is 0 Å². The summed E-state index contributed by atoms with van der Waals surface area (Å²) in [5, 5.41) is 146. The maximum absolute atomic E-state index is 9.76. The number of hydrogen-bond acceptors (Lipinski definition) is 15. The molecule has 0 aliphatic rings. The third-order valence-electron chi connectivity index (χ3n) is 18.7. The Hall–Kier alpha value is -7.55. The minimum absolute atomic E-state index is 0. The van der Waals surface area contributed by atoms with Crippen molar-refractivity contribution in [3.05, 3.63) is 285 Å². The van der Waals surface area contributed by atoms with Crippen molar-refractivity contribution in [3.63, 3.8) is 0 Å². The molecule has 23 nitrogen and oxygen atoms in total. The average molecular weight is 1480 g/mol. The first-order valence-corrected chi connectivity index (χ1v) is 35.4. The smallest absolute Gasteiger partial charge is 0.556 e. The molecule has 29 heteroatoms. The summed E-state index contributed by atoms with van der Waals surface area (Å²) in [4.78, 5) is 0. The van der Waals surface area contributed by atoms with Crippen molar-refractivity contribution in [1.29, 1.82) is 0 Å². The first-order valence-electron chi connectivity index (χ1n) is 35.4. The molecule has 0 fully saturated rings. The summed E-state index contributed by atoms with van der Waals surface area (Å²) in [5.74, 6) is 0. The highest BCUT2D eigenvalue weighted by Crippen LogP contribution is 2.24. The summed E-state index contributed by atoms with van der Waals surface area (Å²) in [7, 11) is 20.7. The minimum Gasteiger partial charge on any atom is -0.556 e. The van der Waals surface area contributed by atoms with Crippen LogP contribution in [0.3, 0.4) is 0 Å². The van der Waals surface area contributed by atoms with Gasteiger partial charge in [-0.25, -0.2) is 0 Å². The molecule has 0 atom stereocenters. The third kappa shape index (κ3) is 28.8. The van der Waals surface area contributed by atoms with Gasteiger partial charge in [0.2, 0.25) is 0 Å². The monoisotopic (exact) mass is 1480 g/mol. The highest BCUT2D eigenvalue weighted by molar-refractivity contribution is 6.73. The van der Waals surface area contributed by atoms with Crippen molar-refractivity contribution in [2.24, 2.45) is 0 Å². The lowest BCUT2D eigenvalue weighted by molar-refractivity contribution is -0.917. The summed E-state index contributed by atoms with van der Waals surface area (Å²) >= 11 is 0. The van der Waals surface area contributed by atoms with Gasteiger partial charge in [-0.05, 0) is 33.1 Å². The first-order chi connectivity index (χ1) is 48.8. The Morgan fingerprint density at radius 2 is 0.355 bits per heavy atom. The van der Waals surface area contributed by atoms with E-state index < -0.39 is 41.6 Å². The molecule has 0 amide bonds. The second-order valence-electron chi connectivity index (χ2n) is 32.5. The largest absolute Gasteiger partial charge is 1.00 e. The molecule has 9 aromatic rings. The van der Waals surface area contributed by atoms with E-state index in [1.807, 2.05) is 107 Å². The quantitative estimate of drug-likeness (QED) is 0.0184. The fourth-order valence-corrected chi connectivity index (χ4v) is 14.3. The Labute approximate surface area is 635 Å². The van der Waals surface area contributed by atoms with E-state index in [1.165, 1.54) is 28.8 Å². The van der Waals surface area contributed by atoms with E-state index in [4.69, 9.17) is 0 Å². The van der Waals surface area contributed by atoms with Crippen LogP contribution in [-0.4, -0.2) is 239 Å². The predicted molar refractivity (Wildman–Crippen MR) is 430 cm³/mol. The van der Waals surface area contributed by atoms with E-state index in [9.17, 15) is 75.4 Å². The molecule has 0 spiro atoms. The normalized spacial score (nSPS) is 12.4. The number of rotatable bonds is 30. The van der Waals surface area contributed by atoms with Gasteiger partial charge in [-0.1, -0.05) is 218 Å². The number of nitrogens with zero attached hydrogens (tertiary/aromatic N) is 6. The average Bonchev–Trinajstić information content (AvgIpc) is 0.811. The molecule has 0 bridgehead atoms. The van der Waals surface area contributed by atoms with Crippen LogP contribution in [0, 0.1) is 0 Å². The van der Waals surface area contributed by atoms with E-state index in [0.717, 1.165) is 59.6 Å². The number of hydrogen-bond donors (Lipinski definition) is 15. The Morgan fingerprint density at radius 1 is 0.215 bits per heavy atom. The van der Waals surface area contributed by atoms with Gasteiger partial charge >= 0.3 is 44.5 Å². The molecule has 0 aliphatic heterocycles. The Bertz CT molecular complexity index is 4090. The second-order valence-corrected chi connectivity index (χ2v) is 32.5. The van der Waals surface area contributed by atoms with Crippen molar-refractivity contribution in [2.75, 3.05) is 84.6 Å². The van der Waals surface area contributed by atoms with Crippen LogP contribution in [0.4, 0.5) is 0 Å².